The Morgan fingerprint density at radius 1 is 1.03 bits per heavy atom. The van der Waals surface area contributed by atoms with Crippen LogP contribution >= 0.6 is 0 Å². The van der Waals surface area contributed by atoms with Crippen molar-refractivity contribution in [3.8, 4) is 0 Å². The average Bonchev–Trinajstić information content (AvgIpc) is 3.14. The van der Waals surface area contributed by atoms with E-state index in [9.17, 15) is 24.9 Å². The lowest BCUT2D eigenvalue weighted by molar-refractivity contribution is -0.342. The quantitative estimate of drug-likeness (QED) is 0.283. The first-order valence-corrected chi connectivity index (χ1v) is 14.4. The van der Waals surface area contributed by atoms with E-state index in [-0.39, 0.29) is 17.9 Å². The van der Waals surface area contributed by atoms with E-state index in [4.69, 9.17) is 9.47 Å². The largest absolute Gasteiger partial charge is 0.455 e. The summed E-state index contributed by atoms with van der Waals surface area (Å²) in [5.41, 5.74) is -1.88. The fourth-order valence-corrected chi connectivity index (χ4v) is 11.1. The van der Waals surface area contributed by atoms with Crippen LogP contribution in [0.5, 0.6) is 0 Å². The summed E-state index contributed by atoms with van der Waals surface area (Å²) in [5.74, 6) is -1.76. The summed E-state index contributed by atoms with van der Waals surface area (Å²) in [6, 6.07) is -0.201. The standard InChI is InChI=1S/C31H43NO7/c1-8-15(3)26(35)38-22-20-17(5)10-29-13-19(34)31(37)28(6)11-18(33)12-30(31,25(21(20)29)32(7)14-28)24(29)23(22)39-27(36)16(4)9-2/h8-9,18-25,33-34,37H,5,10-14H2,1-4,6-7H3/b15-8+,16-9+/t18-,19-,20-,21+,22+,23+,24+,25+,28-,29-,30-,31-/m0/s1. The molecule has 0 aromatic heterocycles. The maximum atomic E-state index is 13.4. The van der Waals surface area contributed by atoms with Crippen molar-refractivity contribution < 1.29 is 34.4 Å². The lowest BCUT2D eigenvalue weighted by atomic mass is 9.38. The van der Waals surface area contributed by atoms with Crippen LogP contribution in [0, 0.1) is 34.0 Å². The number of ether oxygens (including phenoxy) is 2. The molecule has 8 nitrogen and oxygen atoms in total. The van der Waals surface area contributed by atoms with Crippen molar-refractivity contribution in [1.82, 2.24) is 4.90 Å². The Kier molecular flexibility index (Phi) is 5.77. The Morgan fingerprint density at radius 3 is 2.21 bits per heavy atom. The summed E-state index contributed by atoms with van der Waals surface area (Å²) in [6.07, 6.45) is 1.73. The van der Waals surface area contributed by atoms with Crippen molar-refractivity contribution in [2.45, 2.75) is 96.4 Å². The molecule has 5 saturated carbocycles. The van der Waals surface area contributed by atoms with Crippen molar-refractivity contribution in [2.24, 2.45) is 34.0 Å². The molecule has 6 fully saturated rings. The van der Waals surface area contributed by atoms with Crippen molar-refractivity contribution >= 4 is 11.9 Å². The molecule has 5 aliphatic carbocycles. The predicted molar refractivity (Wildman–Crippen MR) is 143 cm³/mol. The first-order valence-electron chi connectivity index (χ1n) is 14.4. The van der Waals surface area contributed by atoms with Crippen LogP contribution in [0.4, 0.5) is 0 Å². The Balaban J connectivity index is 1.61. The summed E-state index contributed by atoms with van der Waals surface area (Å²) in [5, 5.41) is 36.1. The molecule has 2 spiro atoms. The van der Waals surface area contributed by atoms with Crippen LogP contribution in [-0.2, 0) is 19.1 Å². The molecular weight excluding hydrogens is 498 g/mol. The molecule has 6 aliphatic rings. The first kappa shape index (κ1) is 27.2. The fraction of sp³-hybridized carbons (Fsp3) is 0.742. The molecule has 0 aromatic rings. The van der Waals surface area contributed by atoms with E-state index >= 15 is 0 Å². The minimum absolute atomic E-state index is 0.0694. The van der Waals surface area contributed by atoms with E-state index in [0.29, 0.717) is 43.4 Å². The van der Waals surface area contributed by atoms with Crippen LogP contribution in [0.2, 0.25) is 0 Å². The molecule has 6 rings (SSSR count). The summed E-state index contributed by atoms with van der Waals surface area (Å²) in [7, 11) is 2.07. The molecule has 1 aliphatic heterocycles. The summed E-state index contributed by atoms with van der Waals surface area (Å²) < 4.78 is 12.6. The van der Waals surface area contributed by atoms with Crippen molar-refractivity contribution in [1.29, 1.82) is 0 Å². The number of aliphatic hydroxyl groups is 3. The minimum Gasteiger partial charge on any atom is -0.455 e. The zero-order valence-corrected chi connectivity index (χ0v) is 23.9. The maximum Gasteiger partial charge on any atom is 0.333 e. The van der Waals surface area contributed by atoms with Gasteiger partial charge in [0.2, 0.25) is 0 Å². The lowest BCUT2D eigenvalue weighted by Crippen LogP contribution is -2.82. The topological polar surface area (TPSA) is 117 Å². The molecule has 8 heteroatoms. The lowest BCUT2D eigenvalue weighted by Gasteiger charge is -2.72. The summed E-state index contributed by atoms with van der Waals surface area (Å²) in [4.78, 5) is 28.9. The number of rotatable bonds is 4. The number of nitrogens with zero attached hydrogens (tertiary/aromatic N) is 1. The Hall–Kier alpha value is -2.00. The van der Waals surface area contributed by atoms with Gasteiger partial charge in [0.05, 0.1) is 12.2 Å². The van der Waals surface area contributed by atoms with Gasteiger partial charge in [-0.2, -0.15) is 0 Å². The van der Waals surface area contributed by atoms with Crippen molar-refractivity contribution in [3.05, 3.63) is 35.5 Å². The predicted octanol–water partition coefficient (Wildman–Crippen LogP) is 2.52. The van der Waals surface area contributed by atoms with E-state index < -0.39 is 64.1 Å². The monoisotopic (exact) mass is 541 g/mol. The molecule has 1 saturated heterocycles. The Morgan fingerprint density at radius 2 is 1.62 bits per heavy atom. The Labute approximate surface area is 230 Å². The van der Waals surface area contributed by atoms with E-state index in [0.717, 1.165) is 5.57 Å². The molecule has 0 radical (unpaired) electrons. The van der Waals surface area contributed by atoms with Gasteiger partial charge in [-0.05, 0) is 71.8 Å². The van der Waals surface area contributed by atoms with Crippen LogP contribution < -0.4 is 0 Å². The number of esters is 2. The highest BCUT2D eigenvalue weighted by Crippen LogP contribution is 2.84. The number of piperidine rings is 1. The van der Waals surface area contributed by atoms with Gasteiger partial charge in [0.25, 0.3) is 0 Å². The summed E-state index contributed by atoms with van der Waals surface area (Å²) in [6.45, 7) is 13.9. The van der Waals surface area contributed by atoms with Gasteiger partial charge in [-0.1, -0.05) is 31.2 Å². The number of allylic oxidation sites excluding steroid dienone is 2. The van der Waals surface area contributed by atoms with Gasteiger partial charge in [0.15, 0.2) is 0 Å². The number of aliphatic hydroxyl groups excluding tert-OH is 2. The van der Waals surface area contributed by atoms with E-state index in [2.05, 4.69) is 18.5 Å². The van der Waals surface area contributed by atoms with Crippen LogP contribution in [0.25, 0.3) is 0 Å². The third-order valence-corrected chi connectivity index (χ3v) is 12.1. The third kappa shape index (κ3) is 2.94. The molecule has 0 amide bonds. The highest BCUT2D eigenvalue weighted by molar-refractivity contribution is 5.89. The second-order valence-corrected chi connectivity index (χ2v) is 13.8. The normalized spacial score (nSPS) is 52.1. The number of hydrogen-bond donors (Lipinski definition) is 3. The SMILES string of the molecule is C=C1C[C@@]23C[C@H](O)[C@]4(O)[C@@]5(C)C[C@H](O)C[C@@]46[C@@H]2[C@H](OC(=O)/C(C)=C/C)[C@H](OC(=O)/C(C)=C/C)[C@@H]1[C@@H]3[C@H]6N(C)C5. The van der Waals surface area contributed by atoms with E-state index in [1.165, 1.54) is 0 Å². The van der Waals surface area contributed by atoms with Gasteiger partial charge in [-0.3, -0.25) is 0 Å². The molecule has 1 heterocycles. The van der Waals surface area contributed by atoms with Gasteiger partial charge in [0.1, 0.15) is 17.8 Å². The van der Waals surface area contributed by atoms with Gasteiger partial charge >= 0.3 is 11.9 Å². The second-order valence-electron chi connectivity index (χ2n) is 13.8. The first-order chi connectivity index (χ1) is 18.2. The highest BCUT2D eigenvalue weighted by atomic mass is 16.6. The number of carbonyl (C=O) groups excluding carboxylic acids is 2. The zero-order chi connectivity index (χ0) is 28.4. The molecule has 12 atom stereocenters. The molecule has 214 valence electrons. The van der Waals surface area contributed by atoms with Gasteiger partial charge in [0, 0.05) is 46.4 Å². The van der Waals surface area contributed by atoms with E-state index in [1.807, 2.05) is 6.92 Å². The third-order valence-electron chi connectivity index (χ3n) is 12.1. The molecule has 0 unspecified atom stereocenters. The molecule has 39 heavy (non-hydrogen) atoms. The fourth-order valence-electron chi connectivity index (χ4n) is 11.1. The number of likely N-dealkylation sites (tertiary alicyclic amines) is 1. The van der Waals surface area contributed by atoms with Crippen LogP contribution in [-0.4, -0.2) is 81.8 Å². The summed E-state index contributed by atoms with van der Waals surface area (Å²) >= 11 is 0. The van der Waals surface area contributed by atoms with Crippen molar-refractivity contribution in [2.75, 3.05) is 13.6 Å². The van der Waals surface area contributed by atoms with Crippen molar-refractivity contribution in [3.63, 3.8) is 0 Å². The minimum atomic E-state index is -1.50. The zero-order valence-electron chi connectivity index (χ0n) is 23.9. The Bertz CT molecular complexity index is 1210. The van der Waals surface area contributed by atoms with Crippen LogP contribution in [0.3, 0.4) is 0 Å². The second kappa shape index (κ2) is 8.28. The van der Waals surface area contributed by atoms with Gasteiger partial charge in [-0.25, -0.2) is 9.59 Å². The number of carbonyl (C=O) groups is 2. The highest BCUT2D eigenvalue weighted by Gasteiger charge is 2.90. The maximum absolute atomic E-state index is 13.4. The molecule has 3 N–H and O–H groups in total. The smallest absolute Gasteiger partial charge is 0.333 e. The average molecular weight is 542 g/mol. The van der Waals surface area contributed by atoms with Crippen LogP contribution in [0.1, 0.15) is 60.3 Å². The van der Waals surface area contributed by atoms with Gasteiger partial charge in [-0.15, -0.1) is 0 Å². The molecule has 6 bridgehead atoms. The van der Waals surface area contributed by atoms with Crippen LogP contribution in [0.15, 0.2) is 35.5 Å². The van der Waals surface area contributed by atoms with Gasteiger partial charge < -0.3 is 29.7 Å². The molecular formula is C31H43NO7. The van der Waals surface area contributed by atoms with E-state index in [1.54, 1.807) is 39.8 Å². The molecule has 0 aromatic carbocycles. The number of hydrogen-bond acceptors (Lipinski definition) is 8.